The topological polar surface area (TPSA) is 29.9 Å². The molecule has 3 nitrogen and oxygen atoms in total. The first-order valence-corrected chi connectivity index (χ1v) is 6.65. The Morgan fingerprint density at radius 3 is 3.05 bits per heavy atom. The van der Waals surface area contributed by atoms with Crippen LogP contribution in [0.1, 0.15) is 34.8 Å². The predicted molar refractivity (Wildman–Crippen MR) is 72.2 cm³/mol. The van der Waals surface area contributed by atoms with Crippen molar-refractivity contribution in [2.45, 2.75) is 32.4 Å². The van der Waals surface area contributed by atoms with Crippen LogP contribution in [0.5, 0.6) is 0 Å². The molecule has 0 saturated carbocycles. The van der Waals surface area contributed by atoms with Crippen LogP contribution < -0.4 is 5.32 Å². The first-order chi connectivity index (χ1) is 9.15. The van der Waals surface area contributed by atoms with Gasteiger partial charge in [0.25, 0.3) is 0 Å². The number of aryl methyl sites for hydroxylation is 2. The van der Waals surface area contributed by atoms with Crippen molar-refractivity contribution in [3.8, 4) is 0 Å². The fourth-order valence-electron chi connectivity index (χ4n) is 2.88. The van der Waals surface area contributed by atoms with Crippen LogP contribution in [0.15, 0.2) is 24.4 Å². The monoisotopic (exact) mass is 259 g/mol. The van der Waals surface area contributed by atoms with E-state index in [2.05, 4.69) is 10.4 Å². The van der Waals surface area contributed by atoms with Gasteiger partial charge in [-0.15, -0.1) is 0 Å². The van der Waals surface area contributed by atoms with E-state index in [0.29, 0.717) is 0 Å². The van der Waals surface area contributed by atoms with Gasteiger partial charge < -0.3 is 5.32 Å². The number of aromatic nitrogens is 2. The average molecular weight is 259 g/mol. The van der Waals surface area contributed by atoms with Gasteiger partial charge in [0.15, 0.2) is 0 Å². The molecule has 19 heavy (non-hydrogen) atoms. The molecule has 0 saturated heterocycles. The Hall–Kier alpha value is -1.68. The van der Waals surface area contributed by atoms with E-state index >= 15 is 0 Å². The molecule has 3 rings (SSSR count). The van der Waals surface area contributed by atoms with E-state index < -0.39 is 0 Å². The second kappa shape index (κ2) is 4.78. The summed E-state index contributed by atoms with van der Waals surface area (Å²) in [6.45, 7) is 2.79. The lowest BCUT2D eigenvalue weighted by Crippen LogP contribution is -2.18. The molecule has 0 fully saturated rings. The largest absolute Gasteiger partial charge is 0.306 e. The Morgan fingerprint density at radius 1 is 1.47 bits per heavy atom. The van der Waals surface area contributed by atoms with Gasteiger partial charge in [-0.1, -0.05) is 12.1 Å². The van der Waals surface area contributed by atoms with E-state index in [4.69, 9.17) is 0 Å². The van der Waals surface area contributed by atoms with Crippen molar-refractivity contribution in [3.63, 3.8) is 0 Å². The summed E-state index contributed by atoms with van der Waals surface area (Å²) in [7, 11) is 1.93. The smallest absolute Gasteiger partial charge is 0.126 e. The Kier molecular flexibility index (Phi) is 3.11. The summed E-state index contributed by atoms with van der Waals surface area (Å²) < 4.78 is 15.5. The van der Waals surface area contributed by atoms with Crippen LogP contribution in [0, 0.1) is 12.7 Å². The highest BCUT2D eigenvalue weighted by Gasteiger charge is 2.24. The first kappa shape index (κ1) is 12.4. The highest BCUT2D eigenvalue weighted by molar-refractivity contribution is 5.35. The zero-order chi connectivity index (χ0) is 13.4. The molecule has 0 radical (unpaired) electrons. The molecule has 100 valence electrons. The molecule has 1 atom stereocenters. The number of rotatable bonds is 3. The van der Waals surface area contributed by atoms with E-state index in [1.807, 2.05) is 30.9 Å². The Balaban J connectivity index is 1.73. The number of hydrogen-bond donors (Lipinski definition) is 1. The fourth-order valence-corrected chi connectivity index (χ4v) is 2.88. The summed E-state index contributed by atoms with van der Waals surface area (Å²) >= 11 is 0. The first-order valence-electron chi connectivity index (χ1n) is 6.65. The van der Waals surface area contributed by atoms with Crippen LogP contribution >= 0.6 is 0 Å². The molecule has 0 amide bonds. The van der Waals surface area contributed by atoms with Gasteiger partial charge in [0.05, 0.1) is 5.69 Å². The van der Waals surface area contributed by atoms with Crippen molar-refractivity contribution in [2.75, 3.05) is 0 Å². The van der Waals surface area contributed by atoms with Crippen molar-refractivity contribution < 1.29 is 4.39 Å². The van der Waals surface area contributed by atoms with Crippen molar-refractivity contribution >= 4 is 0 Å². The standard InChI is InChI=1S/C15H18FN3/c1-10-11(9-19(2)18-10)8-17-15-7-6-12-13(15)4-3-5-14(12)16/h3-5,9,15,17H,6-8H2,1-2H3. The summed E-state index contributed by atoms with van der Waals surface area (Å²) in [6, 6.07) is 5.63. The average Bonchev–Trinajstić information content (AvgIpc) is 2.91. The Bertz CT molecular complexity index is 603. The highest BCUT2D eigenvalue weighted by Crippen LogP contribution is 2.32. The van der Waals surface area contributed by atoms with Gasteiger partial charge >= 0.3 is 0 Å². The van der Waals surface area contributed by atoms with E-state index in [9.17, 15) is 4.39 Å². The van der Waals surface area contributed by atoms with E-state index in [1.165, 1.54) is 5.56 Å². The van der Waals surface area contributed by atoms with Gasteiger partial charge in [0.2, 0.25) is 0 Å². The van der Waals surface area contributed by atoms with E-state index in [-0.39, 0.29) is 11.9 Å². The number of nitrogens with one attached hydrogen (secondary N) is 1. The molecule has 2 aromatic rings. The lowest BCUT2D eigenvalue weighted by molar-refractivity contribution is 0.529. The summed E-state index contributed by atoms with van der Waals surface area (Å²) in [5.74, 6) is -0.0700. The van der Waals surface area contributed by atoms with E-state index in [0.717, 1.165) is 36.2 Å². The number of benzene rings is 1. The molecule has 1 heterocycles. The minimum atomic E-state index is -0.0700. The van der Waals surface area contributed by atoms with Crippen LogP contribution in [0.25, 0.3) is 0 Å². The number of nitrogens with zero attached hydrogens (tertiary/aromatic N) is 2. The fraction of sp³-hybridized carbons (Fsp3) is 0.400. The molecule has 0 bridgehead atoms. The molecular weight excluding hydrogens is 241 g/mol. The molecule has 4 heteroatoms. The Labute approximate surface area is 112 Å². The lowest BCUT2D eigenvalue weighted by Gasteiger charge is -2.13. The molecule has 0 aliphatic heterocycles. The van der Waals surface area contributed by atoms with Crippen LogP contribution in [0.2, 0.25) is 0 Å². The SMILES string of the molecule is Cc1nn(C)cc1CNC1CCc2c(F)cccc21. The summed E-state index contributed by atoms with van der Waals surface area (Å²) in [6.07, 6.45) is 3.82. The van der Waals surface area contributed by atoms with Gasteiger partial charge in [-0.3, -0.25) is 4.68 Å². The normalized spacial score (nSPS) is 17.7. The van der Waals surface area contributed by atoms with Crippen molar-refractivity contribution in [1.29, 1.82) is 0 Å². The minimum absolute atomic E-state index is 0.0700. The maximum atomic E-state index is 13.7. The summed E-state index contributed by atoms with van der Waals surface area (Å²) in [4.78, 5) is 0. The second-order valence-electron chi connectivity index (χ2n) is 5.19. The third-order valence-corrected chi connectivity index (χ3v) is 3.87. The van der Waals surface area contributed by atoms with Gasteiger partial charge in [0.1, 0.15) is 5.82 Å². The quantitative estimate of drug-likeness (QED) is 0.918. The van der Waals surface area contributed by atoms with Gasteiger partial charge in [0, 0.05) is 31.4 Å². The third-order valence-electron chi connectivity index (χ3n) is 3.87. The number of hydrogen-bond acceptors (Lipinski definition) is 2. The molecule has 1 aliphatic carbocycles. The third kappa shape index (κ3) is 2.28. The Morgan fingerprint density at radius 2 is 2.32 bits per heavy atom. The highest BCUT2D eigenvalue weighted by atomic mass is 19.1. The van der Waals surface area contributed by atoms with Crippen molar-refractivity contribution in [3.05, 3.63) is 52.6 Å². The molecule has 0 spiro atoms. The summed E-state index contributed by atoms with van der Waals surface area (Å²) in [5, 5.41) is 7.85. The maximum Gasteiger partial charge on any atom is 0.126 e. The molecular formula is C15H18FN3. The molecule has 1 aromatic carbocycles. The van der Waals surface area contributed by atoms with Crippen molar-refractivity contribution in [1.82, 2.24) is 15.1 Å². The zero-order valence-corrected chi connectivity index (χ0v) is 11.3. The molecule has 1 unspecified atom stereocenters. The summed E-state index contributed by atoms with van der Waals surface area (Å²) in [5.41, 5.74) is 4.24. The number of halogens is 1. The second-order valence-corrected chi connectivity index (χ2v) is 5.19. The zero-order valence-electron chi connectivity index (χ0n) is 11.3. The van der Waals surface area contributed by atoms with Crippen LogP contribution in [-0.4, -0.2) is 9.78 Å². The number of fused-ring (bicyclic) bond motifs is 1. The van der Waals surface area contributed by atoms with Crippen LogP contribution in [0.4, 0.5) is 4.39 Å². The lowest BCUT2D eigenvalue weighted by atomic mass is 10.1. The van der Waals surface area contributed by atoms with Gasteiger partial charge in [-0.2, -0.15) is 5.10 Å². The minimum Gasteiger partial charge on any atom is -0.306 e. The van der Waals surface area contributed by atoms with E-state index in [1.54, 1.807) is 12.1 Å². The molecule has 1 N–H and O–H groups in total. The van der Waals surface area contributed by atoms with Gasteiger partial charge in [-0.05, 0) is 37.0 Å². The molecule has 1 aliphatic rings. The van der Waals surface area contributed by atoms with Crippen LogP contribution in [-0.2, 0) is 20.0 Å². The van der Waals surface area contributed by atoms with Crippen molar-refractivity contribution in [2.24, 2.45) is 7.05 Å². The van der Waals surface area contributed by atoms with Gasteiger partial charge in [-0.25, -0.2) is 4.39 Å². The predicted octanol–water partition coefficient (Wildman–Crippen LogP) is 2.64. The van der Waals surface area contributed by atoms with Crippen LogP contribution in [0.3, 0.4) is 0 Å². The maximum absolute atomic E-state index is 13.7. The molecule has 1 aromatic heterocycles.